The van der Waals surface area contributed by atoms with Gasteiger partial charge in [0.1, 0.15) is 16.7 Å². The van der Waals surface area contributed by atoms with Crippen molar-refractivity contribution in [2.75, 3.05) is 18.2 Å². The molecule has 0 bridgehead atoms. The molecule has 1 aromatic carbocycles. The van der Waals surface area contributed by atoms with Gasteiger partial charge in [0.05, 0.1) is 11.6 Å². The van der Waals surface area contributed by atoms with Crippen LogP contribution in [0.4, 0.5) is 11.5 Å². The topological polar surface area (TPSA) is 77.2 Å². The Morgan fingerprint density at radius 2 is 2.15 bits per heavy atom. The third kappa shape index (κ3) is 3.40. The Morgan fingerprint density at radius 1 is 1.40 bits per heavy atom. The predicted molar refractivity (Wildman–Crippen MR) is 82.3 cm³/mol. The van der Waals surface area contributed by atoms with Gasteiger partial charge in [-0.2, -0.15) is 0 Å². The Bertz CT molecular complexity index is 644. The first-order valence-corrected chi connectivity index (χ1v) is 6.74. The van der Waals surface area contributed by atoms with Crippen LogP contribution in [0.25, 0.3) is 0 Å². The van der Waals surface area contributed by atoms with Crippen LogP contribution in [0.2, 0.25) is 5.15 Å². The Balaban J connectivity index is 2.21. The van der Waals surface area contributed by atoms with Gasteiger partial charge in [-0.15, -0.1) is 0 Å². The number of nitrogens with zero attached hydrogens (tertiary/aromatic N) is 1. The molecule has 0 spiro atoms. The van der Waals surface area contributed by atoms with E-state index < -0.39 is 0 Å². The molecule has 0 aliphatic heterocycles. The van der Waals surface area contributed by atoms with Gasteiger partial charge in [0.25, 0.3) is 5.91 Å². The molecule has 5 nitrogen and oxygen atoms in total. The normalized spacial score (nSPS) is 10.2. The highest BCUT2D eigenvalue weighted by atomic mass is 79.9. The van der Waals surface area contributed by atoms with Crippen LogP contribution in [0.3, 0.4) is 0 Å². The van der Waals surface area contributed by atoms with Gasteiger partial charge in [-0.05, 0) is 46.3 Å². The number of anilines is 2. The lowest BCUT2D eigenvalue weighted by molar-refractivity contribution is 0.102. The number of pyridine rings is 1. The minimum absolute atomic E-state index is 0.172. The van der Waals surface area contributed by atoms with Crippen LogP contribution in [0.5, 0.6) is 5.75 Å². The zero-order valence-corrected chi connectivity index (χ0v) is 12.8. The molecule has 1 heterocycles. The number of hydrogen-bond acceptors (Lipinski definition) is 4. The molecule has 0 radical (unpaired) electrons. The van der Waals surface area contributed by atoms with Crippen molar-refractivity contribution in [3.05, 3.63) is 45.5 Å². The van der Waals surface area contributed by atoms with Gasteiger partial charge in [-0.3, -0.25) is 4.79 Å². The molecule has 0 aliphatic carbocycles. The van der Waals surface area contributed by atoms with E-state index in [0.29, 0.717) is 17.0 Å². The number of nitrogens with two attached hydrogens (primary N) is 1. The number of amides is 1. The molecule has 2 rings (SSSR count). The first-order chi connectivity index (χ1) is 9.49. The number of halogens is 2. The van der Waals surface area contributed by atoms with Gasteiger partial charge in [-0.1, -0.05) is 11.6 Å². The number of nitrogens with one attached hydrogen (secondary N) is 1. The second kappa shape index (κ2) is 6.11. The second-order valence-electron chi connectivity index (χ2n) is 3.91. The van der Waals surface area contributed by atoms with E-state index in [1.807, 2.05) is 0 Å². The van der Waals surface area contributed by atoms with Crippen LogP contribution in [-0.2, 0) is 0 Å². The molecule has 3 N–H and O–H groups in total. The molecule has 1 aromatic heterocycles. The lowest BCUT2D eigenvalue weighted by atomic mass is 10.2. The highest BCUT2D eigenvalue weighted by Crippen LogP contribution is 2.28. The summed E-state index contributed by atoms with van der Waals surface area (Å²) in [4.78, 5) is 15.9. The average Bonchev–Trinajstić information content (AvgIpc) is 2.37. The minimum atomic E-state index is -0.321. The smallest absolute Gasteiger partial charge is 0.255 e. The standard InChI is InChI=1S/C13H11BrClN3O2/c1-20-10-3-2-8(6-9(10)14)17-13(19)7-4-11(15)18-12(16)5-7/h2-6H,1H3,(H2,16,18)(H,17,19). The van der Waals surface area contributed by atoms with E-state index in [0.717, 1.165) is 4.47 Å². The highest BCUT2D eigenvalue weighted by Gasteiger charge is 2.10. The van der Waals surface area contributed by atoms with Crippen LogP contribution in [0, 0.1) is 0 Å². The van der Waals surface area contributed by atoms with Crippen molar-refractivity contribution in [1.29, 1.82) is 0 Å². The van der Waals surface area contributed by atoms with Crippen molar-refractivity contribution < 1.29 is 9.53 Å². The van der Waals surface area contributed by atoms with E-state index in [4.69, 9.17) is 22.1 Å². The largest absolute Gasteiger partial charge is 0.496 e. The molecule has 20 heavy (non-hydrogen) atoms. The second-order valence-corrected chi connectivity index (χ2v) is 5.15. The Morgan fingerprint density at radius 3 is 2.75 bits per heavy atom. The van der Waals surface area contributed by atoms with Crippen LogP contribution < -0.4 is 15.8 Å². The molecule has 0 unspecified atom stereocenters. The fourth-order valence-corrected chi connectivity index (χ4v) is 2.35. The van der Waals surface area contributed by atoms with E-state index in [1.54, 1.807) is 25.3 Å². The number of methoxy groups -OCH3 is 1. The monoisotopic (exact) mass is 355 g/mol. The third-order valence-electron chi connectivity index (χ3n) is 2.49. The van der Waals surface area contributed by atoms with Crippen molar-refractivity contribution in [3.8, 4) is 5.75 Å². The number of hydrogen-bond donors (Lipinski definition) is 2. The van der Waals surface area contributed by atoms with E-state index in [-0.39, 0.29) is 16.9 Å². The molecule has 0 saturated heterocycles. The Labute approximate surface area is 129 Å². The third-order valence-corrected chi connectivity index (χ3v) is 3.30. The molecular formula is C13H11BrClN3O2. The molecule has 0 aliphatic rings. The maximum Gasteiger partial charge on any atom is 0.255 e. The fraction of sp³-hybridized carbons (Fsp3) is 0.0769. The molecule has 0 saturated carbocycles. The molecule has 0 fully saturated rings. The first kappa shape index (κ1) is 14.6. The molecule has 104 valence electrons. The van der Waals surface area contributed by atoms with Crippen molar-refractivity contribution in [2.24, 2.45) is 0 Å². The maximum absolute atomic E-state index is 12.1. The average molecular weight is 357 g/mol. The van der Waals surface area contributed by atoms with Gasteiger partial charge < -0.3 is 15.8 Å². The SMILES string of the molecule is COc1ccc(NC(=O)c2cc(N)nc(Cl)c2)cc1Br. The molecule has 7 heteroatoms. The number of rotatable bonds is 3. The summed E-state index contributed by atoms with van der Waals surface area (Å²) in [5, 5.41) is 2.91. The lowest BCUT2D eigenvalue weighted by Gasteiger charge is -2.08. The van der Waals surface area contributed by atoms with E-state index in [2.05, 4.69) is 26.2 Å². The zero-order chi connectivity index (χ0) is 14.7. The molecule has 1 amide bonds. The Hall–Kier alpha value is -1.79. The Kier molecular flexibility index (Phi) is 4.46. The van der Waals surface area contributed by atoms with Gasteiger partial charge >= 0.3 is 0 Å². The summed E-state index contributed by atoms with van der Waals surface area (Å²) in [6.07, 6.45) is 0. The summed E-state index contributed by atoms with van der Waals surface area (Å²) in [5.74, 6) is 0.552. The summed E-state index contributed by atoms with van der Waals surface area (Å²) in [7, 11) is 1.57. The number of benzene rings is 1. The van der Waals surface area contributed by atoms with Crippen molar-refractivity contribution in [2.45, 2.75) is 0 Å². The van der Waals surface area contributed by atoms with E-state index >= 15 is 0 Å². The summed E-state index contributed by atoms with van der Waals surface area (Å²) >= 11 is 9.12. The number of carbonyl (C=O) groups excluding carboxylic acids is 1. The predicted octanol–water partition coefficient (Wildman–Crippen LogP) is 3.34. The zero-order valence-electron chi connectivity index (χ0n) is 10.5. The van der Waals surface area contributed by atoms with Crippen LogP contribution in [0.1, 0.15) is 10.4 Å². The maximum atomic E-state index is 12.1. The lowest BCUT2D eigenvalue weighted by Crippen LogP contribution is -2.12. The van der Waals surface area contributed by atoms with E-state index in [9.17, 15) is 4.79 Å². The summed E-state index contributed by atoms with van der Waals surface area (Å²) in [5.41, 5.74) is 6.51. The van der Waals surface area contributed by atoms with Crippen molar-refractivity contribution in [3.63, 3.8) is 0 Å². The molecule has 0 atom stereocenters. The van der Waals surface area contributed by atoms with Gasteiger partial charge in [0.15, 0.2) is 0 Å². The van der Waals surface area contributed by atoms with Gasteiger partial charge in [0, 0.05) is 11.3 Å². The number of nitrogen functional groups attached to an aromatic ring is 1. The van der Waals surface area contributed by atoms with Crippen molar-refractivity contribution >= 4 is 44.9 Å². The summed E-state index contributed by atoms with van der Waals surface area (Å²) in [6, 6.07) is 8.12. The summed E-state index contributed by atoms with van der Waals surface area (Å²) in [6.45, 7) is 0. The molecule has 2 aromatic rings. The summed E-state index contributed by atoms with van der Waals surface area (Å²) < 4.78 is 5.86. The number of ether oxygens (including phenoxy) is 1. The van der Waals surface area contributed by atoms with Crippen LogP contribution in [0.15, 0.2) is 34.8 Å². The minimum Gasteiger partial charge on any atom is -0.496 e. The van der Waals surface area contributed by atoms with Crippen LogP contribution >= 0.6 is 27.5 Å². The quantitative estimate of drug-likeness (QED) is 0.827. The highest BCUT2D eigenvalue weighted by molar-refractivity contribution is 9.10. The number of carbonyl (C=O) groups is 1. The van der Waals surface area contributed by atoms with Gasteiger partial charge in [-0.25, -0.2) is 4.98 Å². The molecular weight excluding hydrogens is 346 g/mol. The first-order valence-electron chi connectivity index (χ1n) is 5.57. The van der Waals surface area contributed by atoms with Gasteiger partial charge in [0.2, 0.25) is 0 Å². The fourth-order valence-electron chi connectivity index (χ4n) is 1.60. The van der Waals surface area contributed by atoms with Crippen LogP contribution in [-0.4, -0.2) is 18.0 Å². The van der Waals surface area contributed by atoms with Crippen molar-refractivity contribution in [1.82, 2.24) is 4.98 Å². The number of aromatic nitrogens is 1. The van der Waals surface area contributed by atoms with E-state index in [1.165, 1.54) is 12.1 Å².